The largest absolute Gasteiger partial charge is 0.363 e. The molecule has 3 aromatic heterocycles. The first-order chi connectivity index (χ1) is 17.0. The van der Waals surface area contributed by atoms with Crippen LogP contribution in [0.1, 0.15) is 23.6 Å². The van der Waals surface area contributed by atoms with E-state index in [1.165, 1.54) is 11.1 Å². The zero-order valence-electron chi connectivity index (χ0n) is 20.0. The Balaban J connectivity index is 1.59. The summed E-state index contributed by atoms with van der Waals surface area (Å²) >= 11 is 0. The molecule has 5 aromatic rings. The molecular weight excluding hydrogens is 438 g/mol. The van der Waals surface area contributed by atoms with Crippen LogP contribution in [-0.2, 0) is 6.54 Å². The molecule has 0 saturated heterocycles. The van der Waals surface area contributed by atoms with E-state index in [1.807, 2.05) is 49.5 Å². The van der Waals surface area contributed by atoms with Crippen LogP contribution in [0.25, 0.3) is 27.9 Å². The Labute approximate surface area is 203 Å². The molecule has 0 unspecified atom stereocenters. The number of pyridine rings is 1. The molecule has 35 heavy (non-hydrogen) atoms. The van der Waals surface area contributed by atoms with Crippen molar-refractivity contribution in [2.75, 3.05) is 17.2 Å². The van der Waals surface area contributed by atoms with Crippen molar-refractivity contribution in [3.8, 4) is 11.3 Å². The highest BCUT2D eigenvalue weighted by Crippen LogP contribution is 2.30. The second kappa shape index (κ2) is 9.42. The first-order valence-electron chi connectivity index (χ1n) is 11.6. The molecule has 8 nitrogen and oxygen atoms in total. The molecule has 2 aromatic carbocycles. The van der Waals surface area contributed by atoms with Gasteiger partial charge in [0.1, 0.15) is 0 Å². The lowest BCUT2D eigenvalue weighted by Gasteiger charge is -2.13. The number of carbonyl (C=O) groups is 1. The van der Waals surface area contributed by atoms with Gasteiger partial charge in [0.15, 0.2) is 11.5 Å². The molecule has 0 aliphatic rings. The summed E-state index contributed by atoms with van der Waals surface area (Å²) in [6.07, 6.45) is 5.44. The van der Waals surface area contributed by atoms with E-state index in [4.69, 9.17) is 9.97 Å². The third-order valence-electron chi connectivity index (χ3n) is 6.02. The number of aromatic nitrogens is 4. The van der Waals surface area contributed by atoms with Crippen LogP contribution in [0.15, 0.2) is 67.1 Å². The van der Waals surface area contributed by atoms with Crippen LogP contribution in [0.3, 0.4) is 0 Å². The van der Waals surface area contributed by atoms with Gasteiger partial charge < -0.3 is 16.0 Å². The fourth-order valence-electron chi connectivity index (χ4n) is 4.06. The molecule has 0 aliphatic heterocycles. The third-order valence-corrected chi connectivity index (χ3v) is 6.02. The Morgan fingerprint density at radius 1 is 1.00 bits per heavy atom. The summed E-state index contributed by atoms with van der Waals surface area (Å²) in [6, 6.07) is 15.8. The molecule has 3 heterocycles. The number of rotatable bonds is 6. The van der Waals surface area contributed by atoms with Crippen molar-refractivity contribution in [3.05, 3.63) is 83.8 Å². The molecule has 0 radical (unpaired) electrons. The summed E-state index contributed by atoms with van der Waals surface area (Å²) in [4.78, 5) is 25.6. The van der Waals surface area contributed by atoms with Gasteiger partial charge >= 0.3 is 6.03 Å². The summed E-state index contributed by atoms with van der Waals surface area (Å²) in [5, 5.41) is 9.04. The van der Waals surface area contributed by atoms with Crippen molar-refractivity contribution in [1.82, 2.24) is 24.7 Å². The minimum Gasteiger partial charge on any atom is -0.363 e. The first-order valence-corrected chi connectivity index (χ1v) is 11.6. The van der Waals surface area contributed by atoms with Gasteiger partial charge in [-0.25, -0.2) is 14.8 Å². The van der Waals surface area contributed by atoms with Gasteiger partial charge in [0.05, 0.1) is 22.9 Å². The molecular formula is C27H27N7O. The number of fused-ring (bicyclic) bond motifs is 3. The van der Waals surface area contributed by atoms with Crippen molar-refractivity contribution >= 4 is 34.2 Å². The lowest BCUT2D eigenvalue weighted by atomic mass is 10.1. The van der Waals surface area contributed by atoms with E-state index >= 15 is 0 Å². The predicted molar refractivity (Wildman–Crippen MR) is 140 cm³/mol. The maximum atomic E-state index is 11.9. The normalized spacial score (nSPS) is 11.1. The average molecular weight is 466 g/mol. The molecule has 0 saturated carbocycles. The van der Waals surface area contributed by atoms with Crippen LogP contribution in [0, 0.1) is 13.8 Å². The number of imidazole rings is 1. The molecule has 0 aliphatic carbocycles. The van der Waals surface area contributed by atoms with Crippen molar-refractivity contribution < 1.29 is 4.79 Å². The van der Waals surface area contributed by atoms with Gasteiger partial charge in [-0.05, 0) is 73.9 Å². The van der Waals surface area contributed by atoms with Crippen molar-refractivity contribution in [2.45, 2.75) is 27.3 Å². The number of amides is 2. The zero-order chi connectivity index (χ0) is 24.4. The Kier molecular flexibility index (Phi) is 6.01. The average Bonchev–Trinajstić information content (AvgIpc) is 3.30. The Hall–Kier alpha value is -4.46. The van der Waals surface area contributed by atoms with E-state index in [1.54, 1.807) is 12.4 Å². The van der Waals surface area contributed by atoms with Crippen molar-refractivity contribution in [1.29, 1.82) is 0 Å². The first kappa shape index (κ1) is 22.3. The van der Waals surface area contributed by atoms with E-state index in [9.17, 15) is 4.79 Å². The highest BCUT2D eigenvalue weighted by molar-refractivity contribution is 5.90. The SMILES string of the molecule is CCNC(=O)Nc1ccc(-c2cnc3c(NCc4ccncc4)nc4cc(C)c(C)cc4n23)cc1. The molecule has 0 bridgehead atoms. The minimum absolute atomic E-state index is 0.220. The minimum atomic E-state index is -0.220. The van der Waals surface area contributed by atoms with E-state index in [0.717, 1.165) is 45.0 Å². The molecule has 176 valence electrons. The van der Waals surface area contributed by atoms with Crippen LogP contribution >= 0.6 is 0 Å². The molecule has 0 fully saturated rings. The van der Waals surface area contributed by atoms with Crippen LogP contribution in [0.5, 0.6) is 0 Å². The van der Waals surface area contributed by atoms with Crippen LogP contribution in [-0.4, -0.2) is 31.9 Å². The lowest BCUT2D eigenvalue weighted by molar-refractivity contribution is 0.252. The number of nitrogens with zero attached hydrogens (tertiary/aromatic N) is 4. The summed E-state index contributed by atoms with van der Waals surface area (Å²) in [7, 11) is 0. The number of hydrogen-bond acceptors (Lipinski definition) is 5. The monoisotopic (exact) mass is 465 g/mol. The van der Waals surface area contributed by atoms with Gasteiger partial charge in [0, 0.05) is 36.7 Å². The van der Waals surface area contributed by atoms with E-state index in [2.05, 4.69) is 51.3 Å². The number of urea groups is 1. The number of carbonyl (C=O) groups excluding carboxylic acids is 1. The number of hydrogen-bond donors (Lipinski definition) is 3. The third kappa shape index (κ3) is 4.50. The Morgan fingerprint density at radius 2 is 1.74 bits per heavy atom. The number of nitrogens with one attached hydrogen (secondary N) is 3. The zero-order valence-corrected chi connectivity index (χ0v) is 20.0. The number of aryl methyl sites for hydroxylation is 2. The van der Waals surface area contributed by atoms with Crippen LogP contribution < -0.4 is 16.0 Å². The second-order valence-electron chi connectivity index (χ2n) is 8.46. The fourth-order valence-corrected chi connectivity index (χ4v) is 4.06. The van der Waals surface area contributed by atoms with Crippen LogP contribution in [0.2, 0.25) is 0 Å². The molecule has 0 spiro atoms. The van der Waals surface area contributed by atoms with Gasteiger partial charge in [-0.15, -0.1) is 0 Å². The molecule has 5 rings (SSSR count). The lowest BCUT2D eigenvalue weighted by Crippen LogP contribution is -2.28. The van der Waals surface area contributed by atoms with Crippen molar-refractivity contribution in [2.24, 2.45) is 0 Å². The molecule has 3 N–H and O–H groups in total. The van der Waals surface area contributed by atoms with Gasteiger partial charge in [-0.1, -0.05) is 12.1 Å². The van der Waals surface area contributed by atoms with Gasteiger partial charge in [-0.3, -0.25) is 9.38 Å². The molecule has 2 amide bonds. The highest BCUT2D eigenvalue weighted by atomic mass is 16.2. The maximum absolute atomic E-state index is 11.9. The van der Waals surface area contributed by atoms with Crippen LogP contribution in [0.4, 0.5) is 16.3 Å². The number of anilines is 2. The van der Waals surface area contributed by atoms with E-state index in [0.29, 0.717) is 13.1 Å². The van der Waals surface area contributed by atoms with Gasteiger partial charge in [0.2, 0.25) is 0 Å². The Bertz CT molecular complexity index is 1510. The van der Waals surface area contributed by atoms with E-state index in [-0.39, 0.29) is 6.03 Å². The fraction of sp³-hybridized carbons (Fsp3) is 0.185. The smallest absolute Gasteiger partial charge is 0.319 e. The summed E-state index contributed by atoms with van der Waals surface area (Å²) in [5.74, 6) is 0.721. The maximum Gasteiger partial charge on any atom is 0.319 e. The predicted octanol–water partition coefficient (Wildman–Crippen LogP) is 5.31. The summed E-state index contributed by atoms with van der Waals surface area (Å²) in [6.45, 7) is 7.28. The summed E-state index contributed by atoms with van der Waals surface area (Å²) in [5.41, 5.74) is 8.81. The van der Waals surface area contributed by atoms with Gasteiger partial charge in [0.25, 0.3) is 0 Å². The Morgan fingerprint density at radius 3 is 2.49 bits per heavy atom. The van der Waals surface area contributed by atoms with Gasteiger partial charge in [-0.2, -0.15) is 0 Å². The quantitative estimate of drug-likeness (QED) is 0.316. The number of benzene rings is 2. The topological polar surface area (TPSA) is 96.2 Å². The molecule has 8 heteroatoms. The second-order valence-corrected chi connectivity index (χ2v) is 8.46. The highest BCUT2D eigenvalue weighted by Gasteiger charge is 2.16. The molecule has 0 atom stereocenters. The van der Waals surface area contributed by atoms with E-state index < -0.39 is 0 Å². The summed E-state index contributed by atoms with van der Waals surface area (Å²) < 4.78 is 2.15. The van der Waals surface area contributed by atoms with Crippen molar-refractivity contribution in [3.63, 3.8) is 0 Å². The standard InChI is InChI=1S/C27H27N7O/c1-4-29-27(35)32-21-7-5-20(6-8-21)24-16-31-26-25(30-15-19-9-11-28-12-10-19)33-22-13-17(2)18(3)14-23(22)34(24)26/h5-14,16H,4,15H2,1-3H3,(H,30,33)(H2,29,32,35).